The minimum atomic E-state index is -4.44. The van der Waals surface area contributed by atoms with Crippen molar-refractivity contribution in [2.75, 3.05) is 0 Å². The van der Waals surface area contributed by atoms with E-state index in [9.17, 15) is 27.9 Å². The number of carbonyl (C=O) groups is 2. The van der Waals surface area contributed by atoms with Gasteiger partial charge in [0, 0.05) is 5.39 Å². The topological polar surface area (TPSA) is 75.6 Å². The van der Waals surface area contributed by atoms with Gasteiger partial charge in [0.2, 0.25) is 0 Å². The predicted molar refractivity (Wildman–Crippen MR) is 127 cm³/mol. The first-order valence-electron chi connectivity index (χ1n) is 11.2. The quantitative estimate of drug-likeness (QED) is 0.387. The van der Waals surface area contributed by atoms with Gasteiger partial charge in [-0.15, -0.1) is 0 Å². The van der Waals surface area contributed by atoms with Gasteiger partial charge in [-0.2, -0.15) is 13.2 Å². The Morgan fingerprint density at radius 1 is 1.03 bits per heavy atom. The van der Waals surface area contributed by atoms with Gasteiger partial charge in [0.05, 0.1) is 11.1 Å². The molecule has 3 rings (SSSR count). The highest BCUT2D eigenvalue weighted by molar-refractivity contribution is 6.05. The number of aliphatic carboxylic acids is 1. The maximum Gasteiger partial charge on any atom is 0.416 e. The number of halogens is 3. The second kappa shape index (κ2) is 9.98. The molecule has 2 N–H and O–H groups in total. The molecule has 0 heterocycles. The van der Waals surface area contributed by atoms with Crippen molar-refractivity contribution in [3.8, 4) is 5.75 Å². The maximum absolute atomic E-state index is 13.3. The fourth-order valence-electron chi connectivity index (χ4n) is 3.69. The van der Waals surface area contributed by atoms with E-state index < -0.39 is 35.1 Å². The van der Waals surface area contributed by atoms with Crippen molar-refractivity contribution in [1.29, 1.82) is 0 Å². The Kier molecular flexibility index (Phi) is 7.43. The second-order valence-corrected chi connectivity index (χ2v) is 9.24. The molecule has 0 saturated heterocycles. The molecule has 0 saturated carbocycles. The maximum atomic E-state index is 13.3. The summed E-state index contributed by atoms with van der Waals surface area (Å²) >= 11 is 0. The van der Waals surface area contributed by atoms with Crippen molar-refractivity contribution in [2.24, 2.45) is 5.41 Å². The number of ether oxygens (including phenoxy) is 1. The number of benzene rings is 3. The van der Waals surface area contributed by atoms with Gasteiger partial charge in [-0.1, -0.05) is 56.7 Å². The number of carboxylic acids is 1. The number of hydrogen-bond donors (Lipinski definition) is 2. The number of amides is 1. The number of fused-ring (bicyclic) bond motifs is 1. The van der Waals surface area contributed by atoms with Gasteiger partial charge in [0.25, 0.3) is 5.91 Å². The Labute approximate surface area is 201 Å². The lowest BCUT2D eigenvalue weighted by molar-refractivity contribution is -0.142. The molecule has 1 amide bonds. The number of rotatable bonds is 8. The Morgan fingerprint density at radius 2 is 1.66 bits per heavy atom. The van der Waals surface area contributed by atoms with E-state index in [1.807, 2.05) is 32.0 Å². The van der Waals surface area contributed by atoms with Gasteiger partial charge in [-0.05, 0) is 54.0 Å². The van der Waals surface area contributed by atoms with Crippen LogP contribution in [-0.2, 0) is 17.6 Å². The van der Waals surface area contributed by atoms with E-state index in [2.05, 4.69) is 5.32 Å². The van der Waals surface area contributed by atoms with Crippen molar-refractivity contribution in [3.63, 3.8) is 0 Å². The average molecular weight is 488 g/mol. The molecule has 8 heteroatoms. The van der Waals surface area contributed by atoms with E-state index in [1.54, 1.807) is 26.0 Å². The Hall–Kier alpha value is -3.55. The van der Waals surface area contributed by atoms with Crippen LogP contribution >= 0.6 is 0 Å². The predicted octanol–water partition coefficient (Wildman–Crippen LogP) is 6.37. The van der Waals surface area contributed by atoms with Crippen molar-refractivity contribution < 1.29 is 32.6 Å². The van der Waals surface area contributed by atoms with Crippen LogP contribution in [0.2, 0.25) is 0 Å². The second-order valence-electron chi connectivity index (χ2n) is 9.24. The van der Waals surface area contributed by atoms with E-state index in [-0.39, 0.29) is 17.9 Å². The van der Waals surface area contributed by atoms with Gasteiger partial charge in [-0.3, -0.25) is 4.79 Å². The molecule has 5 nitrogen and oxygen atoms in total. The van der Waals surface area contributed by atoms with Gasteiger partial charge >= 0.3 is 12.1 Å². The zero-order valence-corrected chi connectivity index (χ0v) is 20.0. The van der Waals surface area contributed by atoms with Crippen molar-refractivity contribution in [2.45, 2.75) is 52.9 Å². The summed E-state index contributed by atoms with van der Waals surface area (Å²) < 4.78 is 44.6. The summed E-state index contributed by atoms with van der Waals surface area (Å²) in [6.07, 6.45) is -3.91. The molecule has 186 valence electrons. The molecular formula is C27H28F3NO4. The first kappa shape index (κ1) is 26.1. The van der Waals surface area contributed by atoms with E-state index >= 15 is 0 Å². The molecule has 0 spiro atoms. The third-order valence-corrected chi connectivity index (χ3v) is 6.25. The first-order chi connectivity index (χ1) is 16.3. The molecule has 0 unspecified atom stereocenters. The molecule has 35 heavy (non-hydrogen) atoms. The summed E-state index contributed by atoms with van der Waals surface area (Å²) in [5, 5.41) is 13.8. The van der Waals surface area contributed by atoms with Crippen LogP contribution in [-0.4, -0.2) is 23.0 Å². The van der Waals surface area contributed by atoms with Crippen LogP contribution in [0.25, 0.3) is 10.8 Å². The van der Waals surface area contributed by atoms with Gasteiger partial charge < -0.3 is 15.2 Å². The molecule has 0 aromatic heterocycles. The highest BCUT2D eigenvalue weighted by Crippen LogP contribution is 2.33. The third-order valence-electron chi connectivity index (χ3n) is 6.25. The molecule has 0 bridgehead atoms. The smallest absolute Gasteiger partial charge is 0.416 e. The largest absolute Gasteiger partial charge is 0.487 e. The van der Waals surface area contributed by atoms with Crippen LogP contribution in [0, 0.1) is 12.3 Å². The molecule has 0 radical (unpaired) electrons. The zero-order valence-electron chi connectivity index (χ0n) is 20.0. The van der Waals surface area contributed by atoms with Crippen molar-refractivity contribution in [3.05, 3.63) is 76.9 Å². The number of carboxylic acid groups (broad SMARTS) is 1. The zero-order chi connectivity index (χ0) is 26.0. The number of carbonyl (C=O) groups excluding carboxylic acids is 1. The normalized spacial score (nSPS) is 12.9. The average Bonchev–Trinajstić information content (AvgIpc) is 2.80. The first-order valence-corrected chi connectivity index (χ1v) is 11.2. The molecule has 0 aliphatic rings. The van der Waals surface area contributed by atoms with Crippen LogP contribution in [0.3, 0.4) is 0 Å². The summed E-state index contributed by atoms with van der Waals surface area (Å²) in [6, 6.07) is 12.4. The molecule has 0 aliphatic heterocycles. The lowest BCUT2D eigenvalue weighted by Gasteiger charge is -2.31. The van der Waals surface area contributed by atoms with Gasteiger partial charge in [0.15, 0.2) is 0 Å². The van der Waals surface area contributed by atoms with Crippen LogP contribution in [0.4, 0.5) is 13.2 Å². The Morgan fingerprint density at radius 3 is 2.23 bits per heavy atom. The highest BCUT2D eigenvalue weighted by Gasteiger charge is 2.36. The van der Waals surface area contributed by atoms with E-state index in [4.69, 9.17) is 4.74 Å². The summed E-state index contributed by atoms with van der Waals surface area (Å²) in [5.41, 5.74) is 0.0962. The summed E-state index contributed by atoms with van der Waals surface area (Å²) in [4.78, 5) is 25.2. The molecular weight excluding hydrogens is 459 g/mol. The van der Waals surface area contributed by atoms with Gasteiger partial charge in [-0.25, -0.2) is 4.79 Å². The summed E-state index contributed by atoms with van der Waals surface area (Å²) in [6.45, 7) is 7.18. The Balaban J connectivity index is 1.98. The van der Waals surface area contributed by atoms with Crippen LogP contribution in [0.15, 0.2) is 54.6 Å². The molecule has 1 atom stereocenters. The lowest BCUT2D eigenvalue weighted by Crippen LogP contribution is -2.50. The van der Waals surface area contributed by atoms with Crippen LogP contribution < -0.4 is 10.1 Å². The minimum absolute atomic E-state index is 0.0751. The van der Waals surface area contributed by atoms with Crippen molar-refractivity contribution in [1.82, 2.24) is 5.32 Å². The number of nitrogens with one attached hydrogen (secondary N) is 1. The molecule has 0 aliphatic carbocycles. The highest BCUT2D eigenvalue weighted by atomic mass is 19.4. The fraction of sp³-hybridized carbons (Fsp3) is 0.333. The van der Waals surface area contributed by atoms with Gasteiger partial charge in [0.1, 0.15) is 18.4 Å². The van der Waals surface area contributed by atoms with E-state index in [0.717, 1.165) is 23.1 Å². The SMILES string of the molecule is CCC(C)(C)[C@H](NC(=O)c1ccc2ccc(C)cc2c1OCc1ccc(C(F)(F)F)cc1)C(=O)O. The molecule has 3 aromatic rings. The third kappa shape index (κ3) is 5.93. The van der Waals surface area contributed by atoms with Crippen LogP contribution in [0.1, 0.15) is 54.2 Å². The Bertz CT molecular complexity index is 1230. The lowest BCUT2D eigenvalue weighted by atomic mass is 9.81. The van der Waals surface area contributed by atoms with E-state index in [1.165, 1.54) is 12.1 Å². The molecule has 3 aromatic carbocycles. The molecule has 0 fully saturated rings. The number of alkyl halides is 3. The standard InChI is InChI=1S/C27H28F3NO4/c1-5-26(3,4)23(25(33)34)31-24(32)20-13-10-18-9-6-16(2)14-21(18)22(20)35-15-17-7-11-19(12-8-17)27(28,29)30/h6-14,23H,5,15H2,1-4H3,(H,31,32)(H,33,34)/t23-/m1/s1. The van der Waals surface area contributed by atoms with Crippen molar-refractivity contribution >= 4 is 22.6 Å². The summed E-state index contributed by atoms with van der Waals surface area (Å²) in [5.74, 6) is -1.51. The van der Waals surface area contributed by atoms with Crippen LogP contribution in [0.5, 0.6) is 5.75 Å². The summed E-state index contributed by atoms with van der Waals surface area (Å²) in [7, 11) is 0. The van der Waals surface area contributed by atoms with E-state index in [0.29, 0.717) is 17.4 Å². The number of hydrogen-bond acceptors (Lipinski definition) is 3. The number of aryl methyl sites for hydroxylation is 1. The fourth-order valence-corrected chi connectivity index (χ4v) is 3.69. The minimum Gasteiger partial charge on any atom is -0.487 e. The monoisotopic (exact) mass is 487 g/mol.